The summed E-state index contributed by atoms with van der Waals surface area (Å²) in [6.45, 7) is 9.74. The van der Waals surface area contributed by atoms with Crippen LogP contribution in [0, 0.1) is 11.3 Å². The number of aliphatic hydroxyl groups is 2. The molecule has 0 aliphatic heterocycles. The summed E-state index contributed by atoms with van der Waals surface area (Å²) < 4.78 is 0. The molecule has 0 heterocycles. The molecule has 0 bridgehead atoms. The van der Waals surface area contributed by atoms with Gasteiger partial charge in [-0.1, -0.05) is 40.5 Å². The van der Waals surface area contributed by atoms with Crippen molar-refractivity contribution in [2.45, 2.75) is 46.6 Å². The van der Waals surface area contributed by atoms with Gasteiger partial charge in [0.25, 0.3) is 0 Å². The highest BCUT2D eigenvalue weighted by Crippen LogP contribution is 2.14. The van der Waals surface area contributed by atoms with Gasteiger partial charge >= 0.3 is 0 Å². The zero-order valence-electron chi connectivity index (χ0n) is 10.6. The Balaban J connectivity index is 3.76. The summed E-state index contributed by atoms with van der Waals surface area (Å²) >= 11 is 0. The minimum absolute atomic E-state index is 0.104. The van der Waals surface area contributed by atoms with Gasteiger partial charge in [0.1, 0.15) is 0 Å². The Kier molecular flexibility index (Phi) is 7.14. The van der Waals surface area contributed by atoms with E-state index in [9.17, 15) is 5.11 Å². The average molecular weight is 217 g/mol. The monoisotopic (exact) mass is 217 g/mol. The first kappa shape index (κ1) is 14.9. The van der Waals surface area contributed by atoms with Crippen LogP contribution >= 0.6 is 0 Å². The molecule has 0 fully saturated rings. The maximum Gasteiger partial charge on any atom is 0.0692 e. The molecule has 3 nitrogen and oxygen atoms in total. The zero-order chi connectivity index (χ0) is 11.9. The van der Waals surface area contributed by atoms with Gasteiger partial charge in [0.15, 0.2) is 0 Å². The Hall–Kier alpha value is -0.120. The van der Waals surface area contributed by atoms with E-state index in [1.54, 1.807) is 0 Å². The van der Waals surface area contributed by atoms with Crippen LogP contribution in [0.1, 0.15) is 40.5 Å². The highest BCUT2D eigenvalue weighted by molar-refractivity contribution is 4.73. The predicted molar refractivity (Wildman–Crippen MR) is 63.8 cm³/mol. The third kappa shape index (κ3) is 6.13. The first-order valence-electron chi connectivity index (χ1n) is 5.96. The van der Waals surface area contributed by atoms with Crippen molar-refractivity contribution < 1.29 is 10.2 Å². The summed E-state index contributed by atoms with van der Waals surface area (Å²) in [5.74, 6) is 0.384. The van der Waals surface area contributed by atoms with Crippen LogP contribution in [-0.2, 0) is 0 Å². The minimum Gasteiger partial charge on any atom is -0.396 e. The van der Waals surface area contributed by atoms with Gasteiger partial charge in [-0.15, -0.1) is 0 Å². The Morgan fingerprint density at radius 2 is 1.73 bits per heavy atom. The van der Waals surface area contributed by atoms with Crippen LogP contribution in [0.3, 0.4) is 0 Å². The van der Waals surface area contributed by atoms with Crippen LogP contribution in [0.4, 0.5) is 0 Å². The van der Waals surface area contributed by atoms with E-state index < -0.39 is 0 Å². The van der Waals surface area contributed by atoms with Gasteiger partial charge in [0.2, 0.25) is 0 Å². The largest absolute Gasteiger partial charge is 0.396 e. The quantitative estimate of drug-likeness (QED) is 0.576. The number of rotatable bonds is 8. The van der Waals surface area contributed by atoms with E-state index in [-0.39, 0.29) is 18.1 Å². The Morgan fingerprint density at radius 1 is 1.20 bits per heavy atom. The Morgan fingerprint density at radius 3 is 2.13 bits per heavy atom. The summed E-state index contributed by atoms with van der Waals surface area (Å²) in [6, 6.07) is 0. The van der Waals surface area contributed by atoms with Crippen molar-refractivity contribution in [3.63, 3.8) is 0 Å². The highest BCUT2D eigenvalue weighted by Gasteiger charge is 2.18. The van der Waals surface area contributed by atoms with Crippen LogP contribution in [-0.4, -0.2) is 36.0 Å². The zero-order valence-corrected chi connectivity index (χ0v) is 10.6. The lowest BCUT2D eigenvalue weighted by Gasteiger charge is -2.25. The van der Waals surface area contributed by atoms with E-state index in [1.165, 1.54) is 0 Å². The molecule has 0 rings (SSSR count). The molecule has 0 aromatic heterocycles. The molecule has 0 aliphatic rings. The van der Waals surface area contributed by atoms with E-state index in [4.69, 9.17) is 5.11 Å². The Labute approximate surface area is 93.9 Å². The molecule has 3 N–H and O–H groups in total. The lowest BCUT2D eigenvalue weighted by atomic mass is 9.93. The van der Waals surface area contributed by atoms with Crippen LogP contribution in [0.5, 0.6) is 0 Å². The highest BCUT2D eigenvalue weighted by atomic mass is 16.3. The smallest absolute Gasteiger partial charge is 0.0692 e. The first-order valence-corrected chi connectivity index (χ1v) is 5.96. The standard InChI is InChI=1S/C12H27NO2/c1-5-10(6-2)11(15)7-13-8-12(3,4)9-14/h10-11,13-15H,5-9H2,1-4H3. The topological polar surface area (TPSA) is 52.5 Å². The molecule has 0 radical (unpaired) electrons. The summed E-state index contributed by atoms with van der Waals surface area (Å²) in [5.41, 5.74) is -0.104. The normalized spacial score (nSPS) is 14.6. The van der Waals surface area contributed by atoms with Crippen molar-refractivity contribution in [3.05, 3.63) is 0 Å². The molecule has 92 valence electrons. The van der Waals surface area contributed by atoms with Gasteiger partial charge in [-0.25, -0.2) is 0 Å². The summed E-state index contributed by atoms with van der Waals surface area (Å²) in [4.78, 5) is 0. The van der Waals surface area contributed by atoms with Crippen molar-refractivity contribution in [3.8, 4) is 0 Å². The van der Waals surface area contributed by atoms with Gasteiger partial charge in [-0.05, 0) is 5.92 Å². The van der Waals surface area contributed by atoms with Gasteiger partial charge in [-0.3, -0.25) is 0 Å². The fourth-order valence-corrected chi connectivity index (χ4v) is 1.61. The van der Waals surface area contributed by atoms with Crippen molar-refractivity contribution in [2.75, 3.05) is 19.7 Å². The molecule has 0 saturated carbocycles. The molecule has 0 aromatic rings. The maximum absolute atomic E-state index is 9.85. The molecule has 3 heteroatoms. The second-order valence-corrected chi connectivity index (χ2v) is 5.10. The molecule has 15 heavy (non-hydrogen) atoms. The fraction of sp³-hybridized carbons (Fsp3) is 1.00. The van der Waals surface area contributed by atoms with E-state index in [1.807, 2.05) is 13.8 Å². The Bertz CT molecular complexity index is 156. The number of aliphatic hydroxyl groups excluding tert-OH is 2. The second kappa shape index (κ2) is 7.20. The van der Waals surface area contributed by atoms with Crippen molar-refractivity contribution in [1.82, 2.24) is 5.32 Å². The predicted octanol–water partition coefficient (Wildman–Crippen LogP) is 1.39. The van der Waals surface area contributed by atoms with E-state index in [2.05, 4.69) is 19.2 Å². The lowest BCUT2D eigenvalue weighted by Crippen LogP contribution is -2.38. The summed E-state index contributed by atoms with van der Waals surface area (Å²) in [7, 11) is 0. The van der Waals surface area contributed by atoms with Crippen molar-refractivity contribution in [1.29, 1.82) is 0 Å². The van der Waals surface area contributed by atoms with Crippen LogP contribution < -0.4 is 5.32 Å². The summed E-state index contributed by atoms with van der Waals surface area (Å²) in [6.07, 6.45) is 1.76. The van der Waals surface area contributed by atoms with E-state index in [0.717, 1.165) is 19.4 Å². The molecule has 0 aliphatic carbocycles. The van der Waals surface area contributed by atoms with Crippen molar-refractivity contribution >= 4 is 0 Å². The molecule has 0 amide bonds. The van der Waals surface area contributed by atoms with Gasteiger partial charge in [0.05, 0.1) is 6.10 Å². The maximum atomic E-state index is 9.85. The van der Waals surface area contributed by atoms with Gasteiger partial charge < -0.3 is 15.5 Å². The van der Waals surface area contributed by atoms with E-state index >= 15 is 0 Å². The first-order chi connectivity index (χ1) is 6.96. The molecule has 0 saturated heterocycles. The molecule has 0 aromatic carbocycles. The van der Waals surface area contributed by atoms with E-state index in [0.29, 0.717) is 12.5 Å². The molecule has 1 unspecified atom stereocenters. The van der Waals surface area contributed by atoms with Crippen LogP contribution in [0.2, 0.25) is 0 Å². The lowest BCUT2D eigenvalue weighted by molar-refractivity contribution is 0.0929. The van der Waals surface area contributed by atoms with Crippen molar-refractivity contribution in [2.24, 2.45) is 11.3 Å². The third-order valence-electron chi connectivity index (χ3n) is 2.98. The summed E-state index contributed by atoms with van der Waals surface area (Å²) in [5, 5.41) is 22.1. The average Bonchev–Trinajstić information content (AvgIpc) is 2.19. The fourth-order valence-electron chi connectivity index (χ4n) is 1.61. The van der Waals surface area contributed by atoms with Gasteiger partial charge in [0, 0.05) is 25.1 Å². The number of hydrogen-bond donors (Lipinski definition) is 3. The molecule has 0 spiro atoms. The second-order valence-electron chi connectivity index (χ2n) is 5.10. The SMILES string of the molecule is CCC(CC)C(O)CNCC(C)(C)CO. The third-order valence-corrected chi connectivity index (χ3v) is 2.98. The molecular weight excluding hydrogens is 190 g/mol. The number of nitrogens with one attached hydrogen (secondary N) is 1. The minimum atomic E-state index is -0.269. The number of hydrogen-bond acceptors (Lipinski definition) is 3. The van der Waals surface area contributed by atoms with Crippen LogP contribution in [0.15, 0.2) is 0 Å². The van der Waals surface area contributed by atoms with Crippen LogP contribution in [0.25, 0.3) is 0 Å². The van der Waals surface area contributed by atoms with Gasteiger partial charge in [-0.2, -0.15) is 0 Å². The molecule has 1 atom stereocenters. The molecular formula is C12H27NO2.